The Hall–Kier alpha value is -1.75. The predicted molar refractivity (Wildman–Crippen MR) is 55.7 cm³/mol. The first kappa shape index (κ1) is 11.3. The van der Waals surface area contributed by atoms with Gasteiger partial charge < -0.3 is 20.9 Å². The Morgan fingerprint density at radius 2 is 1.80 bits per heavy atom. The van der Waals surface area contributed by atoms with Crippen molar-refractivity contribution >= 4 is 5.91 Å². The van der Waals surface area contributed by atoms with Crippen LogP contribution >= 0.6 is 0 Å². The lowest BCUT2D eigenvalue weighted by Gasteiger charge is -2.10. The molecule has 0 fully saturated rings. The summed E-state index contributed by atoms with van der Waals surface area (Å²) in [6.07, 6.45) is 0. The van der Waals surface area contributed by atoms with E-state index in [2.05, 4.69) is 0 Å². The molecule has 15 heavy (non-hydrogen) atoms. The van der Waals surface area contributed by atoms with E-state index < -0.39 is 5.91 Å². The van der Waals surface area contributed by atoms with Gasteiger partial charge in [-0.3, -0.25) is 4.79 Å². The summed E-state index contributed by atoms with van der Waals surface area (Å²) in [4.78, 5) is 10.5. The highest BCUT2D eigenvalue weighted by atomic mass is 16.5. The average Bonchev–Trinajstić information content (AvgIpc) is 2.24. The third kappa shape index (κ3) is 3.86. The van der Waals surface area contributed by atoms with Crippen molar-refractivity contribution in [2.75, 3.05) is 19.8 Å². The van der Waals surface area contributed by atoms with Crippen LogP contribution in [-0.2, 0) is 4.79 Å². The summed E-state index contributed by atoms with van der Waals surface area (Å²) in [7, 11) is 0. The van der Waals surface area contributed by atoms with E-state index in [0.717, 1.165) is 0 Å². The summed E-state index contributed by atoms with van der Waals surface area (Å²) in [5.41, 5.74) is 10.3. The highest BCUT2D eigenvalue weighted by Crippen LogP contribution is 2.25. The third-order valence-corrected chi connectivity index (χ3v) is 1.59. The predicted octanol–water partition coefficient (Wildman–Crippen LogP) is -0.112. The maximum absolute atomic E-state index is 10.5. The van der Waals surface area contributed by atoms with E-state index >= 15 is 0 Å². The van der Waals surface area contributed by atoms with Crippen molar-refractivity contribution in [1.82, 2.24) is 0 Å². The monoisotopic (exact) mass is 210 g/mol. The Morgan fingerprint density at radius 1 is 1.20 bits per heavy atom. The summed E-state index contributed by atoms with van der Waals surface area (Å²) in [6, 6.07) is 7.04. The molecule has 0 saturated heterocycles. The number of rotatable bonds is 6. The minimum atomic E-state index is -0.524. The molecule has 1 aromatic carbocycles. The Morgan fingerprint density at radius 3 is 2.33 bits per heavy atom. The second kappa shape index (κ2) is 5.87. The molecule has 82 valence electrons. The molecule has 0 atom stereocenters. The van der Waals surface area contributed by atoms with Gasteiger partial charge in [-0.2, -0.15) is 0 Å². The molecule has 0 radical (unpaired) electrons. The van der Waals surface area contributed by atoms with Crippen molar-refractivity contribution in [3.8, 4) is 11.5 Å². The lowest BCUT2D eigenvalue weighted by Crippen LogP contribution is -2.20. The molecule has 0 aliphatic heterocycles. The first-order valence-corrected chi connectivity index (χ1v) is 4.57. The van der Waals surface area contributed by atoms with Crippen LogP contribution in [0.25, 0.3) is 0 Å². The lowest BCUT2D eigenvalue weighted by atomic mass is 10.3. The van der Waals surface area contributed by atoms with Crippen LogP contribution in [0.2, 0.25) is 0 Å². The van der Waals surface area contributed by atoms with Gasteiger partial charge in [0.05, 0.1) is 0 Å². The molecule has 0 saturated carbocycles. The second-order valence-electron chi connectivity index (χ2n) is 2.84. The van der Waals surface area contributed by atoms with Crippen molar-refractivity contribution in [3.05, 3.63) is 24.3 Å². The van der Waals surface area contributed by atoms with E-state index in [1.54, 1.807) is 18.2 Å². The second-order valence-corrected chi connectivity index (χ2v) is 2.84. The number of amides is 1. The van der Waals surface area contributed by atoms with Crippen molar-refractivity contribution < 1.29 is 14.3 Å². The van der Waals surface area contributed by atoms with E-state index in [1.807, 2.05) is 6.07 Å². The van der Waals surface area contributed by atoms with E-state index in [9.17, 15) is 4.79 Å². The van der Waals surface area contributed by atoms with Gasteiger partial charge in [0.2, 0.25) is 0 Å². The maximum atomic E-state index is 10.5. The maximum Gasteiger partial charge on any atom is 0.255 e. The summed E-state index contributed by atoms with van der Waals surface area (Å²) >= 11 is 0. The van der Waals surface area contributed by atoms with Crippen LogP contribution < -0.4 is 20.9 Å². The molecular formula is C10H14N2O3. The summed E-state index contributed by atoms with van der Waals surface area (Å²) in [6.45, 7) is 0.657. The van der Waals surface area contributed by atoms with Crippen molar-refractivity contribution in [1.29, 1.82) is 0 Å². The van der Waals surface area contributed by atoms with Gasteiger partial charge in [0.1, 0.15) is 6.61 Å². The molecule has 4 N–H and O–H groups in total. The van der Waals surface area contributed by atoms with Gasteiger partial charge >= 0.3 is 0 Å². The minimum Gasteiger partial charge on any atom is -0.488 e. The highest BCUT2D eigenvalue weighted by Gasteiger charge is 2.04. The fourth-order valence-electron chi connectivity index (χ4n) is 1.01. The quantitative estimate of drug-likeness (QED) is 0.685. The number of nitrogens with two attached hydrogens (primary N) is 2. The lowest BCUT2D eigenvalue weighted by molar-refractivity contribution is -0.119. The smallest absolute Gasteiger partial charge is 0.255 e. The van der Waals surface area contributed by atoms with Gasteiger partial charge in [-0.15, -0.1) is 0 Å². The average molecular weight is 210 g/mol. The van der Waals surface area contributed by atoms with Crippen LogP contribution in [0, 0.1) is 0 Å². The Balaban J connectivity index is 2.63. The first-order valence-electron chi connectivity index (χ1n) is 4.57. The van der Waals surface area contributed by atoms with Crippen molar-refractivity contribution in [2.45, 2.75) is 0 Å². The van der Waals surface area contributed by atoms with Gasteiger partial charge in [0.15, 0.2) is 18.1 Å². The number of primary amides is 1. The molecule has 0 bridgehead atoms. The molecule has 0 aromatic heterocycles. The SMILES string of the molecule is NCCOc1ccccc1OCC(N)=O. The molecule has 0 spiro atoms. The Bertz CT molecular complexity index is 328. The molecule has 5 nitrogen and oxygen atoms in total. The number of hydrogen-bond donors (Lipinski definition) is 2. The van der Waals surface area contributed by atoms with Crippen LogP contribution in [-0.4, -0.2) is 25.7 Å². The summed E-state index contributed by atoms with van der Waals surface area (Å²) in [5.74, 6) is 0.526. The molecule has 0 heterocycles. The highest BCUT2D eigenvalue weighted by molar-refractivity contribution is 5.75. The van der Waals surface area contributed by atoms with Gasteiger partial charge in [0.25, 0.3) is 5.91 Å². The number of hydrogen-bond acceptors (Lipinski definition) is 4. The van der Waals surface area contributed by atoms with Gasteiger partial charge in [0, 0.05) is 6.54 Å². The molecule has 1 aromatic rings. The molecular weight excluding hydrogens is 196 g/mol. The van der Waals surface area contributed by atoms with Crippen LogP contribution in [0.3, 0.4) is 0 Å². The molecule has 0 aliphatic carbocycles. The summed E-state index contributed by atoms with van der Waals surface area (Å²) < 4.78 is 10.5. The Kier molecular flexibility index (Phi) is 4.43. The minimum absolute atomic E-state index is 0.164. The number of carbonyl (C=O) groups is 1. The fraction of sp³-hybridized carbons (Fsp3) is 0.300. The zero-order valence-electron chi connectivity index (χ0n) is 8.31. The normalized spacial score (nSPS) is 9.67. The standard InChI is InChI=1S/C10H14N2O3/c11-5-6-14-8-3-1-2-4-9(8)15-7-10(12)13/h1-4H,5-7,11H2,(H2,12,13). The number of carbonyl (C=O) groups excluding carboxylic acids is 1. The fourth-order valence-corrected chi connectivity index (χ4v) is 1.01. The first-order chi connectivity index (χ1) is 7.24. The van der Waals surface area contributed by atoms with E-state index in [1.165, 1.54) is 0 Å². The number of para-hydroxylation sites is 2. The van der Waals surface area contributed by atoms with Gasteiger partial charge in [-0.05, 0) is 12.1 Å². The molecule has 5 heteroatoms. The van der Waals surface area contributed by atoms with E-state index in [4.69, 9.17) is 20.9 Å². The van der Waals surface area contributed by atoms with Crippen LogP contribution in [0.4, 0.5) is 0 Å². The van der Waals surface area contributed by atoms with Crippen LogP contribution in [0.5, 0.6) is 11.5 Å². The molecule has 0 unspecified atom stereocenters. The van der Waals surface area contributed by atoms with Gasteiger partial charge in [-0.25, -0.2) is 0 Å². The third-order valence-electron chi connectivity index (χ3n) is 1.59. The zero-order chi connectivity index (χ0) is 11.1. The van der Waals surface area contributed by atoms with Crippen LogP contribution in [0.1, 0.15) is 0 Å². The topological polar surface area (TPSA) is 87.6 Å². The molecule has 0 aliphatic rings. The summed E-state index contributed by atoms with van der Waals surface area (Å²) in [5, 5.41) is 0. The number of benzene rings is 1. The number of ether oxygens (including phenoxy) is 2. The zero-order valence-corrected chi connectivity index (χ0v) is 8.31. The van der Waals surface area contributed by atoms with Crippen molar-refractivity contribution in [3.63, 3.8) is 0 Å². The molecule has 1 rings (SSSR count). The molecule has 1 amide bonds. The van der Waals surface area contributed by atoms with E-state index in [0.29, 0.717) is 24.7 Å². The Labute approximate surface area is 88.0 Å². The van der Waals surface area contributed by atoms with Gasteiger partial charge in [-0.1, -0.05) is 12.1 Å². The largest absolute Gasteiger partial charge is 0.488 e. The van der Waals surface area contributed by atoms with E-state index in [-0.39, 0.29) is 6.61 Å². The van der Waals surface area contributed by atoms with Crippen LogP contribution in [0.15, 0.2) is 24.3 Å². The van der Waals surface area contributed by atoms with Crippen molar-refractivity contribution in [2.24, 2.45) is 11.5 Å².